The molecule has 0 spiro atoms. The van der Waals surface area contributed by atoms with Gasteiger partial charge in [-0.3, -0.25) is 0 Å². The summed E-state index contributed by atoms with van der Waals surface area (Å²) in [7, 11) is -3.61. The van der Waals surface area contributed by atoms with E-state index in [9.17, 15) is 8.42 Å². The van der Waals surface area contributed by atoms with Gasteiger partial charge in [-0.25, -0.2) is 13.6 Å². The Morgan fingerprint density at radius 1 is 1.54 bits per heavy atom. The number of alkyl halides is 1. The Hall–Kier alpha value is -0.130. The van der Waals surface area contributed by atoms with E-state index in [2.05, 4.69) is 15.9 Å². The van der Waals surface area contributed by atoms with Gasteiger partial charge in [-0.2, -0.15) is 0 Å². The highest BCUT2D eigenvalue weighted by molar-refractivity contribution is 9.11. The number of sulfonamides is 1. The minimum atomic E-state index is -3.61. The van der Waals surface area contributed by atoms with Crippen molar-refractivity contribution in [3.05, 3.63) is 24.3 Å². The minimum Gasteiger partial charge on any atom is -0.227 e. The molecule has 5 heteroatoms. The fraction of sp³-hybridized carbons (Fsp3) is 0.500. The molecule has 0 aromatic carbocycles. The lowest BCUT2D eigenvalue weighted by Crippen LogP contribution is -2.42. The monoisotopic (exact) mass is 265 g/mol. The lowest BCUT2D eigenvalue weighted by Gasteiger charge is -2.30. The summed E-state index contributed by atoms with van der Waals surface area (Å²) in [4.78, 5) is 0. The third-order valence-corrected chi connectivity index (χ3v) is 5.68. The van der Waals surface area contributed by atoms with Gasteiger partial charge < -0.3 is 0 Å². The molecule has 0 heterocycles. The third kappa shape index (κ3) is 1.87. The van der Waals surface area contributed by atoms with E-state index in [1.54, 1.807) is 12.2 Å². The van der Waals surface area contributed by atoms with Crippen molar-refractivity contribution in [2.75, 3.05) is 0 Å². The van der Waals surface area contributed by atoms with Gasteiger partial charge in [0.05, 0.1) is 0 Å². The highest BCUT2D eigenvalue weighted by Crippen LogP contribution is 2.38. The normalized spacial score (nSPS) is 33.6. The van der Waals surface area contributed by atoms with Gasteiger partial charge >= 0.3 is 0 Å². The molecule has 74 valence electrons. The van der Waals surface area contributed by atoms with E-state index in [4.69, 9.17) is 5.14 Å². The van der Waals surface area contributed by atoms with E-state index >= 15 is 0 Å². The second-order valence-corrected chi connectivity index (χ2v) is 6.60. The largest absolute Gasteiger partial charge is 0.229 e. The molecular formula is C8H12BrNO2S. The lowest BCUT2D eigenvalue weighted by atomic mass is 9.98. The highest BCUT2D eigenvalue weighted by Gasteiger charge is 2.42. The van der Waals surface area contributed by atoms with Gasteiger partial charge in [-0.15, -0.1) is 0 Å². The topological polar surface area (TPSA) is 60.2 Å². The fourth-order valence-corrected chi connectivity index (χ4v) is 2.92. The molecule has 0 aliphatic heterocycles. The Kier molecular flexibility index (Phi) is 2.99. The maximum atomic E-state index is 11.3. The zero-order chi connectivity index (χ0) is 10.1. The average Bonchev–Trinajstić information content (AvgIpc) is 2.03. The Morgan fingerprint density at radius 3 is 2.54 bits per heavy atom. The number of halogens is 1. The maximum absolute atomic E-state index is 11.3. The SMILES string of the molecule is CCC1C=CC=CC1(Br)S(N)(=O)=O. The molecule has 0 bridgehead atoms. The number of hydrogen-bond donors (Lipinski definition) is 1. The summed E-state index contributed by atoms with van der Waals surface area (Å²) in [6.45, 7) is 1.93. The first-order valence-corrected chi connectivity index (χ1v) is 6.33. The van der Waals surface area contributed by atoms with Crippen LogP contribution in [0.3, 0.4) is 0 Å². The summed E-state index contributed by atoms with van der Waals surface area (Å²) in [6.07, 6.45) is 7.67. The summed E-state index contributed by atoms with van der Waals surface area (Å²) in [5.74, 6) is -0.104. The maximum Gasteiger partial charge on any atom is 0.229 e. The van der Waals surface area contributed by atoms with Crippen LogP contribution >= 0.6 is 15.9 Å². The number of nitrogens with two attached hydrogens (primary N) is 1. The van der Waals surface area contributed by atoms with E-state index in [-0.39, 0.29) is 5.92 Å². The molecule has 0 saturated carbocycles. The zero-order valence-corrected chi connectivity index (χ0v) is 9.68. The summed E-state index contributed by atoms with van der Waals surface area (Å²) >= 11 is 3.19. The van der Waals surface area contributed by atoms with E-state index in [1.807, 2.05) is 19.1 Å². The van der Waals surface area contributed by atoms with Crippen LogP contribution in [-0.4, -0.2) is 12.1 Å². The van der Waals surface area contributed by atoms with Crippen molar-refractivity contribution in [2.45, 2.75) is 17.0 Å². The van der Waals surface area contributed by atoms with Gasteiger partial charge in [0.2, 0.25) is 10.0 Å². The quantitative estimate of drug-likeness (QED) is 0.770. The van der Waals surface area contributed by atoms with E-state index in [0.717, 1.165) is 6.42 Å². The molecule has 3 nitrogen and oxygen atoms in total. The summed E-state index contributed by atoms with van der Waals surface area (Å²) in [5, 5.41) is 5.15. The molecule has 1 rings (SSSR count). The van der Waals surface area contributed by atoms with Gasteiger partial charge in [-0.05, 0) is 6.42 Å². The van der Waals surface area contributed by atoms with Crippen LogP contribution in [0, 0.1) is 5.92 Å². The first-order valence-electron chi connectivity index (χ1n) is 3.99. The predicted octanol–water partition coefficient (Wildman–Crippen LogP) is 1.52. The van der Waals surface area contributed by atoms with Crippen molar-refractivity contribution < 1.29 is 8.42 Å². The molecule has 1 aliphatic rings. The zero-order valence-electron chi connectivity index (χ0n) is 7.27. The second kappa shape index (κ2) is 3.55. The van der Waals surface area contributed by atoms with Crippen LogP contribution in [0.15, 0.2) is 24.3 Å². The van der Waals surface area contributed by atoms with Crippen LogP contribution in [0.1, 0.15) is 13.3 Å². The van der Waals surface area contributed by atoms with Crippen LogP contribution in [0.2, 0.25) is 0 Å². The van der Waals surface area contributed by atoms with Crippen molar-refractivity contribution >= 4 is 26.0 Å². The van der Waals surface area contributed by atoms with E-state index in [1.165, 1.54) is 0 Å². The predicted molar refractivity (Wildman–Crippen MR) is 56.8 cm³/mol. The van der Waals surface area contributed by atoms with Gasteiger partial charge in [0.1, 0.15) is 0 Å². The highest BCUT2D eigenvalue weighted by atomic mass is 79.9. The van der Waals surface area contributed by atoms with Crippen molar-refractivity contribution in [1.29, 1.82) is 0 Å². The Balaban J connectivity index is 3.15. The van der Waals surface area contributed by atoms with Crippen molar-refractivity contribution in [3.63, 3.8) is 0 Å². The van der Waals surface area contributed by atoms with Gasteiger partial charge in [0, 0.05) is 5.92 Å². The van der Waals surface area contributed by atoms with Gasteiger partial charge in [0.15, 0.2) is 3.66 Å². The van der Waals surface area contributed by atoms with Crippen LogP contribution in [-0.2, 0) is 10.0 Å². The molecule has 2 N–H and O–H groups in total. The van der Waals surface area contributed by atoms with Gasteiger partial charge in [-0.1, -0.05) is 47.2 Å². The fourth-order valence-electron chi connectivity index (χ4n) is 1.36. The third-order valence-electron chi connectivity index (χ3n) is 2.16. The van der Waals surface area contributed by atoms with E-state index < -0.39 is 13.7 Å². The number of allylic oxidation sites excluding steroid dienone is 3. The summed E-state index contributed by atoms with van der Waals surface area (Å²) in [5.41, 5.74) is 0. The molecule has 0 aromatic rings. The van der Waals surface area contributed by atoms with Crippen molar-refractivity contribution in [3.8, 4) is 0 Å². The molecule has 2 unspecified atom stereocenters. The molecule has 0 saturated heterocycles. The number of rotatable bonds is 2. The smallest absolute Gasteiger partial charge is 0.227 e. The van der Waals surface area contributed by atoms with Crippen LogP contribution in [0.25, 0.3) is 0 Å². The second-order valence-electron chi connectivity index (χ2n) is 3.00. The Labute approximate surface area is 86.9 Å². The first kappa shape index (κ1) is 10.9. The lowest BCUT2D eigenvalue weighted by molar-refractivity contribution is 0.544. The number of primary sulfonamides is 1. The Bertz CT molecular complexity index is 347. The molecule has 0 radical (unpaired) electrons. The van der Waals surface area contributed by atoms with Crippen molar-refractivity contribution in [1.82, 2.24) is 0 Å². The van der Waals surface area contributed by atoms with E-state index in [0.29, 0.717) is 0 Å². The standard InChI is InChI=1S/C8H12BrNO2S/c1-2-7-5-3-4-6-8(7,9)13(10,11)12/h3-7H,2H2,1H3,(H2,10,11,12). The molecule has 13 heavy (non-hydrogen) atoms. The van der Waals surface area contributed by atoms with Crippen LogP contribution in [0.5, 0.6) is 0 Å². The summed E-state index contributed by atoms with van der Waals surface area (Å²) in [6, 6.07) is 0. The molecule has 0 fully saturated rings. The molecule has 0 amide bonds. The van der Waals surface area contributed by atoms with Crippen molar-refractivity contribution in [2.24, 2.45) is 11.1 Å². The molecule has 0 aromatic heterocycles. The average molecular weight is 266 g/mol. The summed E-state index contributed by atoms with van der Waals surface area (Å²) < 4.78 is 21.5. The van der Waals surface area contributed by atoms with Crippen LogP contribution < -0.4 is 5.14 Å². The first-order chi connectivity index (χ1) is 5.92. The number of hydrogen-bond acceptors (Lipinski definition) is 2. The molecule has 2 atom stereocenters. The minimum absolute atomic E-state index is 0.104. The molecular weight excluding hydrogens is 254 g/mol. The molecule has 1 aliphatic carbocycles. The van der Waals surface area contributed by atoms with Crippen LogP contribution in [0.4, 0.5) is 0 Å². The van der Waals surface area contributed by atoms with Gasteiger partial charge in [0.25, 0.3) is 0 Å². The Morgan fingerprint density at radius 2 is 2.15 bits per heavy atom.